The van der Waals surface area contributed by atoms with E-state index in [1.165, 1.54) is 0 Å². The second-order valence-corrected chi connectivity index (χ2v) is 5.66. The maximum absolute atomic E-state index is 9.93. The van der Waals surface area contributed by atoms with Gasteiger partial charge in [0.15, 0.2) is 0 Å². The summed E-state index contributed by atoms with van der Waals surface area (Å²) in [6.45, 7) is 1.74. The van der Waals surface area contributed by atoms with Gasteiger partial charge in [0.2, 0.25) is 0 Å². The van der Waals surface area contributed by atoms with Gasteiger partial charge in [0.1, 0.15) is 5.75 Å². The summed E-state index contributed by atoms with van der Waals surface area (Å²) < 4.78 is 5.31. The molecule has 0 saturated heterocycles. The second kappa shape index (κ2) is 6.33. The zero-order valence-corrected chi connectivity index (χ0v) is 12.3. The average molecular weight is 295 g/mol. The van der Waals surface area contributed by atoms with Gasteiger partial charge in [-0.3, -0.25) is 0 Å². The van der Waals surface area contributed by atoms with Crippen LogP contribution in [0.15, 0.2) is 52.3 Å². The largest absolute Gasteiger partial charge is 0.496 e. The normalized spacial score (nSPS) is 12.2. The van der Waals surface area contributed by atoms with E-state index in [4.69, 9.17) is 16.3 Å². The minimum absolute atomic E-state index is 0.585. The molecular formula is C15H15ClO2S. The maximum atomic E-state index is 9.93. The Morgan fingerprint density at radius 1 is 1.21 bits per heavy atom. The van der Waals surface area contributed by atoms with Gasteiger partial charge < -0.3 is 9.84 Å². The van der Waals surface area contributed by atoms with Gasteiger partial charge in [0.05, 0.1) is 13.2 Å². The number of hydrogen-bond acceptors (Lipinski definition) is 3. The molecule has 0 aliphatic rings. The quantitative estimate of drug-likeness (QED) is 0.897. The Morgan fingerprint density at radius 3 is 2.58 bits per heavy atom. The number of ether oxygens (including phenoxy) is 1. The molecule has 0 unspecified atom stereocenters. The molecule has 0 aliphatic heterocycles. The van der Waals surface area contributed by atoms with E-state index in [0.717, 1.165) is 15.4 Å². The van der Waals surface area contributed by atoms with Crippen LogP contribution in [0.1, 0.15) is 18.6 Å². The molecule has 0 fully saturated rings. The van der Waals surface area contributed by atoms with Crippen molar-refractivity contribution in [1.82, 2.24) is 0 Å². The van der Waals surface area contributed by atoms with Crippen LogP contribution in [0, 0.1) is 0 Å². The Kier molecular flexibility index (Phi) is 4.75. The molecule has 4 heteroatoms. The van der Waals surface area contributed by atoms with Crippen molar-refractivity contribution in [3.05, 3.63) is 53.1 Å². The molecule has 1 atom stereocenters. The van der Waals surface area contributed by atoms with Crippen molar-refractivity contribution in [1.29, 1.82) is 0 Å². The Labute approximate surface area is 122 Å². The summed E-state index contributed by atoms with van der Waals surface area (Å²) in [6, 6.07) is 13.4. The molecule has 2 rings (SSSR count). The van der Waals surface area contributed by atoms with Crippen LogP contribution in [-0.2, 0) is 0 Å². The summed E-state index contributed by atoms with van der Waals surface area (Å²) in [5, 5.41) is 10.6. The molecule has 2 aromatic rings. The first kappa shape index (κ1) is 14.3. The minimum atomic E-state index is -0.585. The van der Waals surface area contributed by atoms with Gasteiger partial charge in [-0.1, -0.05) is 35.5 Å². The lowest BCUT2D eigenvalue weighted by Crippen LogP contribution is -1.98. The van der Waals surface area contributed by atoms with Crippen molar-refractivity contribution in [2.45, 2.75) is 22.8 Å². The summed E-state index contributed by atoms with van der Waals surface area (Å²) in [7, 11) is 1.61. The van der Waals surface area contributed by atoms with Crippen LogP contribution in [0.25, 0.3) is 0 Å². The summed E-state index contributed by atoms with van der Waals surface area (Å²) in [5.41, 5.74) is 0.801. The van der Waals surface area contributed by atoms with Crippen molar-refractivity contribution in [3.8, 4) is 5.75 Å². The van der Waals surface area contributed by atoms with Crippen LogP contribution < -0.4 is 4.74 Å². The fourth-order valence-corrected chi connectivity index (χ4v) is 3.23. The van der Waals surface area contributed by atoms with E-state index < -0.39 is 6.10 Å². The standard InChI is InChI=1S/C15H15ClO2S/c1-10(17)15-13(18-2)7-4-8-14(15)19-12-6-3-5-11(16)9-12/h3-10,17H,1-2H3/t10-/m1/s1. The predicted octanol–water partition coefficient (Wildman–Crippen LogP) is 4.55. The molecule has 0 radical (unpaired) electrons. The molecule has 0 aromatic heterocycles. The van der Waals surface area contributed by atoms with Gasteiger partial charge >= 0.3 is 0 Å². The van der Waals surface area contributed by atoms with E-state index in [-0.39, 0.29) is 0 Å². The van der Waals surface area contributed by atoms with E-state index in [1.54, 1.807) is 25.8 Å². The van der Waals surface area contributed by atoms with Gasteiger partial charge in [-0.05, 0) is 37.3 Å². The molecule has 0 heterocycles. The first-order valence-corrected chi connectivity index (χ1v) is 7.09. The SMILES string of the molecule is COc1cccc(Sc2cccc(Cl)c2)c1[C@@H](C)O. The fraction of sp³-hybridized carbons (Fsp3) is 0.200. The van der Waals surface area contributed by atoms with Crippen molar-refractivity contribution < 1.29 is 9.84 Å². The third-order valence-corrected chi connectivity index (χ3v) is 3.99. The summed E-state index contributed by atoms with van der Waals surface area (Å²) in [4.78, 5) is 2.00. The molecule has 100 valence electrons. The Balaban J connectivity index is 2.39. The third-order valence-electron chi connectivity index (χ3n) is 2.69. The maximum Gasteiger partial charge on any atom is 0.125 e. The third kappa shape index (κ3) is 3.44. The van der Waals surface area contributed by atoms with Gasteiger partial charge in [0.25, 0.3) is 0 Å². The van der Waals surface area contributed by atoms with Crippen molar-refractivity contribution in [3.63, 3.8) is 0 Å². The highest BCUT2D eigenvalue weighted by Gasteiger charge is 2.14. The minimum Gasteiger partial charge on any atom is -0.496 e. The monoisotopic (exact) mass is 294 g/mol. The first-order chi connectivity index (χ1) is 9.11. The fourth-order valence-electron chi connectivity index (χ4n) is 1.86. The van der Waals surface area contributed by atoms with Crippen LogP contribution in [-0.4, -0.2) is 12.2 Å². The number of hydrogen-bond donors (Lipinski definition) is 1. The number of benzene rings is 2. The summed E-state index contributed by atoms with van der Waals surface area (Å²) >= 11 is 7.55. The highest BCUT2D eigenvalue weighted by molar-refractivity contribution is 7.99. The molecule has 0 spiro atoms. The summed E-state index contributed by atoms with van der Waals surface area (Å²) in [6.07, 6.45) is -0.585. The summed E-state index contributed by atoms with van der Waals surface area (Å²) in [5.74, 6) is 0.696. The van der Waals surface area contributed by atoms with Crippen LogP contribution >= 0.6 is 23.4 Å². The zero-order chi connectivity index (χ0) is 13.8. The smallest absolute Gasteiger partial charge is 0.125 e. The number of rotatable bonds is 4. The predicted molar refractivity (Wildman–Crippen MR) is 79.2 cm³/mol. The lowest BCUT2D eigenvalue weighted by Gasteiger charge is -2.15. The molecule has 0 aliphatic carbocycles. The number of methoxy groups -OCH3 is 1. The molecule has 19 heavy (non-hydrogen) atoms. The van der Waals surface area contributed by atoms with Crippen molar-refractivity contribution >= 4 is 23.4 Å². The Morgan fingerprint density at radius 2 is 1.95 bits per heavy atom. The molecule has 0 amide bonds. The van der Waals surface area contributed by atoms with Crippen molar-refractivity contribution in [2.24, 2.45) is 0 Å². The van der Waals surface area contributed by atoms with Gasteiger partial charge in [-0.2, -0.15) is 0 Å². The molecule has 0 bridgehead atoms. The number of aliphatic hydroxyl groups is 1. The van der Waals surface area contributed by atoms with E-state index >= 15 is 0 Å². The molecule has 1 N–H and O–H groups in total. The van der Waals surface area contributed by atoms with E-state index in [0.29, 0.717) is 10.8 Å². The lowest BCUT2D eigenvalue weighted by molar-refractivity contribution is 0.191. The van der Waals surface area contributed by atoms with E-state index in [2.05, 4.69) is 0 Å². The molecule has 2 aromatic carbocycles. The first-order valence-electron chi connectivity index (χ1n) is 5.90. The lowest BCUT2D eigenvalue weighted by atomic mass is 10.1. The Hall–Kier alpha value is -1.16. The Bertz CT molecular complexity index is 570. The molecule has 0 saturated carbocycles. The van der Waals surface area contributed by atoms with E-state index in [9.17, 15) is 5.11 Å². The second-order valence-electron chi connectivity index (χ2n) is 4.11. The van der Waals surface area contributed by atoms with E-state index in [1.807, 2.05) is 42.5 Å². The zero-order valence-electron chi connectivity index (χ0n) is 10.8. The van der Waals surface area contributed by atoms with Gasteiger partial charge in [-0.15, -0.1) is 0 Å². The van der Waals surface area contributed by atoms with Crippen LogP contribution in [0.3, 0.4) is 0 Å². The number of halogens is 1. The number of aliphatic hydroxyl groups excluding tert-OH is 1. The molecule has 2 nitrogen and oxygen atoms in total. The molecular weight excluding hydrogens is 280 g/mol. The van der Waals surface area contributed by atoms with Crippen molar-refractivity contribution in [2.75, 3.05) is 7.11 Å². The van der Waals surface area contributed by atoms with Crippen LogP contribution in [0.5, 0.6) is 5.75 Å². The highest BCUT2D eigenvalue weighted by atomic mass is 35.5. The average Bonchev–Trinajstić information content (AvgIpc) is 2.38. The van der Waals surface area contributed by atoms with Crippen LogP contribution in [0.4, 0.5) is 0 Å². The highest BCUT2D eigenvalue weighted by Crippen LogP contribution is 2.38. The van der Waals surface area contributed by atoms with Gasteiger partial charge in [0, 0.05) is 20.4 Å². The topological polar surface area (TPSA) is 29.5 Å². The van der Waals surface area contributed by atoms with Gasteiger partial charge in [-0.25, -0.2) is 0 Å². The van der Waals surface area contributed by atoms with Crippen LogP contribution in [0.2, 0.25) is 5.02 Å².